The molecule has 108 valence electrons. The molecular weight excluding hydrogens is 278 g/mol. The number of pyridine rings is 1. The minimum Gasteiger partial charge on any atom is -0.340 e. The second-order valence-corrected chi connectivity index (χ2v) is 5.16. The lowest BCUT2D eigenvalue weighted by atomic mass is 10.2. The van der Waals surface area contributed by atoms with Crippen molar-refractivity contribution >= 4 is 21.9 Å². The van der Waals surface area contributed by atoms with Gasteiger partial charge in [0.1, 0.15) is 5.82 Å². The highest BCUT2D eigenvalue weighted by Crippen LogP contribution is 2.18. The number of hydrogen-bond donors (Lipinski definition) is 1. The maximum atomic E-state index is 12.6. The standard InChI is InChI=1S/C16H13N5O/c1-10(15-19-13-4-2-3-5-14(13)20-15)21-9-18-12-6-7-17-8-11(12)16(21)22/h2-10H,1H3,(H,19,20)/t10-/m0/s1. The summed E-state index contributed by atoms with van der Waals surface area (Å²) in [7, 11) is 0. The summed E-state index contributed by atoms with van der Waals surface area (Å²) >= 11 is 0. The summed E-state index contributed by atoms with van der Waals surface area (Å²) in [6.07, 6.45) is 4.73. The fourth-order valence-corrected chi connectivity index (χ4v) is 2.56. The molecule has 1 atom stereocenters. The highest BCUT2D eigenvalue weighted by atomic mass is 16.1. The quantitative estimate of drug-likeness (QED) is 0.614. The summed E-state index contributed by atoms with van der Waals surface area (Å²) in [4.78, 5) is 28.7. The van der Waals surface area contributed by atoms with Gasteiger partial charge in [-0.25, -0.2) is 9.97 Å². The number of aromatic amines is 1. The van der Waals surface area contributed by atoms with E-state index in [-0.39, 0.29) is 11.6 Å². The van der Waals surface area contributed by atoms with Gasteiger partial charge in [0.15, 0.2) is 0 Å². The molecule has 1 aromatic carbocycles. The molecule has 0 unspecified atom stereocenters. The summed E-state index contributed by atoms with van der Waals surface area (Å²) in [6.45, 7) is 1.92. The summed E-state index contributed by atoms with van der Waals surface area (Å²) < 4.78 is 1.57. The molecule has 0 aliphatic carbocycles. The molecule has 0 amide bonds. The van der Waals surface area contributed by atoms with E-state index in [1.165, 1.54) is 0 Å². The Balaban J connectivity index is 1.87. The average Bonchev–Trinajstić information content (AvgIpc) is 2.99. The van der Waals surface area contributed by atoms with Crippen molar-refractivity contribution < 1.29 is 0 Å². The lowest BCUT2D eigenvalue weighted by molar-refractivity contribution is 0.582. The van der Waals surface area contributed by atoms with E-state index in [0.29, 0.717) is 10.9 Å². The molecule has 4 aromatic rings. The molecule has 6 heteroatoms. The normalized spacial score (nSPS) is 12.8. The van der Waals surface area contributed by atoms with E-state index < -0.39 is 0 Å². The Bertz CT molecular complexity index is 1000. The molecule has 0 aliphatic heterocycles. The van der Waals surface area contributed by atoms with Crippen molar-refractivity contribution in [2.45, 2.75) is 13.0 Å². The molecule has 22 heavy (non-hydrogen) atoms. The van der Waals surface area contributed by atoms with E-state index in [2.05, 4.69) is 19.9 Å². The minimum absolute atomic E-state index is 0.119. The molecule has 0 saturated carbocycles. The van der Waals surface area contributed by atoms with Gasteiger partial charge < -0.3 is 4.98 Å². The van der Waals surface area contributed by atoms with Crippen LogP contribution < -0.4 is 5.56 Å². The van der Waals surface area contributed by atoms with Crippen LogP contribution in [-0.2, 0) is 0 Å². The van der Waals surface area contributed by atoms with Gasteiger partial charge >= 0.3 is 0 Å². The average molecular weight is 291 g/mol. The van der Waals surface area contributed by atoms with Crippen LogP contribution in [0.15, 0.2) is 53.8 Å². The summed E-state index contributed by atoms with van der Waals surface area (Å²) in [5.74, 6) is 0.730. The second-order valence-electron chi connectivity index (χ2n) is 5.16. The first-order valence-electron chi connectivity index (χ1n) is 6.99. The third kappa shape index (κ3) is 1.88. The fraction of sp³-hybridized carbons (Fsp3) is 0.125. The smallest absolute Gasteiger partial charge is 0.263 e. The van der Waals surface area contributed by atoms with Crippen LogP contribution in [-0.4, -0.2) is 24.5 Å². The second kappa shape index (κ2) is 4.77. The number of rotatable bonds is 2. The molecule has 3 aromatic heterocycles. The Labute approximate surface area is 125 Å². The topological polar surface area (TPSA) is 76.5 Å². The monoisotopic (exact) mass is 291 g/mol. The van der Waals surface area contributed by atoms with Crippen LogP contribution in [0.2, 0.25) is 0 Å². The maximum Gasteiger partial charge on any atom is 0.263 e. The Hall–Kier alpha value is -3.02. The van der Waals surface area contributed by atoms with Crippen LogP contribution in [0, 0.1) is 0 Å². The van der Waals surface area contributed by atoms with E-state index in [4.69, 9.17) is 0 Å². The lowest BCUT2D eigenvalue weighted by Crippen LogP contribution is -2.25. The molecule has 6 nitrogen and oxygen atoms in total. The number of imidazole rings is 1. The van der Waals surface area contributed by atoms with Crippen molar-refractivity contribution in [3.05, 3.63) is 65.2 Å². The molecule has 3 heterocycles. The Morgan fingerprint density at radius 1 is 1.18 bits per heavy atom. The molecule has 0 bridgehead atoms. The van der Waals surface area contributed by atoms with Gasteiger partial charge in [0.2, 0.25) is 0 Å². The van der Waals surface area contributed by atoms with E-state index in [0.717, 1.165) is 16.9 Å². The van der Waals surface area contributed by atoms with E-state index in [1.807, 2.05) is 31.2 Å². The van der Waals surface area contributed by atoms with Crippen molar-refractivity contribution in [3.8, 4) is 0 Å². The molecule has 0 aliphatic rings. The molecule has 0 spiro atoms. The number of nitrogens with zero attached hydrogens (tertiary/aromatic N) is 4. The first-order chi connectivity index (χ1) is 10.7. The highest BCUT2D eigenvalue weighted by Gasteiger charge is 2.15. The van der Waals surface area contributed by atoms with Gasteiger partial charge in [0, 0.05) is 12.4 Å². The van der Waals surface area contributed by atoms with E-state index in [1.54, 1.807) is 29.4 Å². The predicted molar refractivity (Wildman–Crippen MR) is 83.7 cm³/mol. The Kier molecular flexibility index (Phi) is 2.75. The fourth-order valence-electron chi connectivity index (χ4n) is 2.56. The largest absolute Gasteiger partial charge is 0.340 e. The molecule has 0 fully saturated rings. The maximum absolute atomic E-state index is 12.6. The highest BCUT2D eigenvalue weighted by molar-refractivity contribution is 5.76. The van der Waals surface area contributed by atoms with Crippen LogP contribution in [0.1, 0.15) is 18.8 Å². The number of H-pyrrole nitrogens is 1. The number of benzene rings is 1. The summed E-state index contributed by atoms with van der Waals surface area (Å²) in [5, 5.41) is 0.507. The molecular formula is C16H13N5O. The van der Waals surface area contributed by atoms with Gasteiger partial charge in [-0.1, -0.05) is 12.1 Å². The van der Waals surface area contributed by atoms with Crippen LogP contribution >= 0.6 is 0 Å². The van der Waals surface area contributed by atoms with Crippen molar-refractivity contribution in [1.82, 2.24) is 24.5 Å². The van der Waals surface area contributed by atoms with Gasteiger partial charge in [-0.15, -0.1) is 0 Å². The van der Waals surface area contributed by atoms with Crippen molar-refractivity contribution in [2.75, 3.05) is 0 Å². The van der Waals surface area contributed by atoms with Gasteiger partial charge in [-0.05, 0) is 25.1 Å². The van der Waals surface area contributed by atoms with Crippen LogP contribution in [0.3, 0.4) is 0 Å². The predicted octanol–water partition coefficient (Wildman–Crippen LogP) is 2.28. The first kappa shape index (κ1) is 12.7. The number of nitrogens with one attached hydrogen (secondary N) is 1. The van der Waals surface area contributed by atoms with Gasteiger partial charge in [-0.3, -0.25) is 14.3 Å². The Morgan fingerprint density at radius 2 is 2.05 bits per heavy atom. The van der Waals surface area contributed by atoms with Crippen molar-refractivity contribution in [1.29, 1.82) is 0 Å². The summed E-state index contributed by atoms with van der Waals surface area (Å²) in [6, 6.07) is 9.28. The number of para-hydroxylation sites is 2. The van der Waals surface area contributed by atoms with Crippen LogP contribution in [0.4, 0.5) is 0 Å². The number of aromatic nitrogens is 5. The summed E-state index contributed by atoms with van der Waals surface area (Å²) in [5.41, 5.74) is 2.36. The van der Waals surface area contributed by atoms with Gasteiger partial charge in [-0.2, -0.15) is 0 Å². The van der Waals surface area contributed by atoms with Gasteiger partial charge in [0.25, 0.3) is 5.56 Å². The lowest BCUT2D eigenvalue weighted by Gasteiger charge is -2.12. The molecule has 0 radical (unpaired) electrons. The third-order valence-electron chi connectivity index (χ3n) is 3.80. The van der Waals surface area contributed by atoms with Crippen LogP contribution in [0.5, 0.6) is 0 Å². The molecule has 1 N–H and O–H groups in total. The first-order valence-corrected chi connectivity index (χ1v) is 6.99. The SMILES string of the molecule is C[C@@H](c1nc2ccccc2[nH]1)n1cnc2ccncc2c1=O. The zero-order valence-electron chi connectivity index (χ0n) is 11.9. The zero-order chi connectivity index (χ0) is 15.1. The number of fused-ring (bicyclic) bond motifs is 2. The Morgan fingerprint density at radius 3 is 2.91 bits per heavy atom. The van der Waals surface area contributed by atoms with E-state index >= 15 is 0 Å². The minimum atomic E-state index is -0.239. The van der Waals surface area contributed by atoms with E-state index in [9.17, 15) is 4.79 Å². The van der Waals surface area contributed by atoms with Crippen LogP contribution in [0.25, 0.3) is 21.9 Å². The van der Waals surface area contributed by atoms with Crippen molar-refractivity contribution in [2.24, 2.45) is 0 Å². The number of hydrogen-bond acceptors (Lipinski definition) is 4. The molecule has 4 rings (SSSR count). The van der Waals surface area contributed by atoms with Gasteiger partial charge in [0.05, 0.1) is 34.3 Å². The van der Waals surface area contributed by atoms with Crippen molar-refractivity contribution in [3.63, 3.8) is 0 Å². The zero-order valence-corrected chi connectivity index (χ0v) is 11.9. The molecule has 0 saturated heterocycles. The third-order valence-corrected chi connectivity index (χ3v) is 3.80.